The first kappa shape index (κ1) is 14.1. The largest absolute Gasteiger partial charge is 0.453 e. The van der Waals surface area contributed by atoms with Crippen molar-refractivity contribution in [3.63, 3.8) is 0 Å². The minimum Gasteiger partial charge on any atom is -0.453 e. The molecule has 0 aliphatic carbocycles. The first-order valence-electron chi connectivity index (χ1n) is 6.97. The highest BCUT2D eigenvalue weighted by Crippen LogP contribution is 2.17. The van der Waals surface area contributed by atoms with Crippen LogP contribution in [0.4, 0.5) is 4.79 Å². The van der Waals surface area contributed by atoms with Crippen LogP contribution in [0, 0.1) is 5.92 Å². The zero-order valence-electron chi connectivity index (χ0n) is 11.7. The molecule has 6 heteroatoms. The van der Waals surface area contributed by atoms with Gasteiger partial charge in [0.1, 0.15) is 0 Å². The Kier molecular flexibility index (Phi) is 4.63. The van der Waals surface area contributed by atoms with Gasteiger partial charge in [-0.25, -0.2) is 4.79 Å². The van der Waals surface area contributed by atoms with Gasteiger partial charge in [0, 0.05) is 26.2 Å². The summed E-state index contributed by atoms with van der Waals surface area (Å²) in [5.74, 6) is 0.780. The highest BCUT2D eigenvalue weighted by molar-refractivity contribution is 5.82. The van der Waals surface area contributed by atoms with Gasteiger partial charge in [0.25, 0.3) is 0 Å². The van der Waals surface area contributed by atoms with Gasteiger partial charge in [-0.2, -0.15) is 0 Å². The van der Waals surface area contributed by atoms with Gasteiger partial charge in [-0.15, -0.1) is 0 Å². The smallest absolute Gasteiger partial charge is 0.409 e. The number of carbonyl (C=O) groups excluding carboxylic acids is 2. The van der Waals surface area contributed by atoms with E-state index in [1.165, 1.54) is 7.11 Å². The lowest BCUT2D eigenvalue weighted by atomic mass is 9.93. The number of hydrogen-bond donors (Lipinski definition) is 1. The third kappa shape index (κ3) is 3.37. The first-order chi connectivity index (χ1) is 9.11. The molecule has 0 saturated carbocycles. The number of hydrogen-bond acceptors (Lipinski definition) is 4. The van der Waals surface area contributed by atoms with Gasteiger partial charge in [0.15, 0.2) is 0 Å². The van der Waals surface area contributed by atoms with Gasteiger partial charge < -0.3 is 19.9 Å². The Labute approximate surface area is 114 Å². The maximum atomic E-state index is 12.4. The zero-order valence-corrected chi connectivity index (χ0v) is 11.7. The molecule has 2 rings (SSSR count). The predicted molar refractivity (Wildman–Crippen MR) is 70.7 cm³/mol. The molecule has 2 amide bonds. The molecule has 2 aliphatic rings. The van der Waals surface area contributed by atoms with Crippen molar-refractivity contribution in [1.82, 2.24) is 15.1 Å². The van der Waals surface area contributed by atoms with Crippen molar-refractivity contribution < 1.29 is 14.3 Å². The summed E-state index contributed by atoms with van der Waals surface area (Å²) in [5.41, 5.74) is 0. The molecule has 0 spiro atoms. The number of nitrogens with one attached hydrogen (secondary N) is 1. The molecule has 0 bridgehead atoms. The van der Waals surface area contributed by atoms with Gasteiger partial charge in [-0.1, -0.05) is 6.92 Å². The summed E-state index contributed by atoms with van der Waals surface area (Å²) in [4.78, 5) is 27.2. The summed E-state index contributed by atoms with van der Waals surface area (Å²) in [6.45, 7) is 5.42. The molecule has 0 aromatic carbocycles. The van der Waals surface area contributed by atoms with E-state index in [-0.39, 0.29) is 18.0 Å². The first-order valence-corrected chi connectivity index (χ1v) is 6.97. The van der Waals surface area contributed by atoms with E-state index in [4.69, 9.17) is 0 Å². The Morgan fingerprint density at radius 3 is 2.37 bits per heavy atom. The molecule has 1 N–H and O–H groups in total. The van der Waals surface area contributed by atoms with Crippen molar-refractivity contribution in [1.29, 1.82) is 0 Å². The number of ether oxygens (including phenoxy) is 1. The number of piperazine rings is 1. The van der Waals surface area contributed by atoms with E-state index in [0.717, 1.165) is 19.4 Å². The van der Waals surface area contributed by atoms with E-state index in [1.807, 2.05) is 4.90 Å². The second-order valence-electron chi connectivity index (χ2n) is 5.42. The third-order valence-corrected chi connectivity index (χ3v) is 3.99. The van der Waals surface area contributed by atoms with E-state index in [1.54, 1.807) is 4.90 Å². The van der Waals surface area contributed by atoms with Gasteiger partial charge in [0.05, 0.1) is 13.2 Å². The van der Waals surface area contributed by atoms with Crippen LogP contribution in [0.15, 0.2) is 0 Å². The summed E-state index contributed by atoms with van der Waals surface area (Å²) in [7, 11) is 1.38. The maximum Gasteiger partial charge on any atom is 0.409 e. The molecular weight excluding hydrogens is 246 g/mol. The number of rotatable bonds is 1. The standard InChI is InChI=1S/C13H23N3O3/c1-10-3-4-14-11(9-10)12(17)15-5-7-16(8-6-15)13(18)19-2/h10-11,14H,3-9H2,1-2H3. The summed E-state index contributed by atoms with van der Waals surface area (Å²) < 4.78 is 4.69. The Hall–Kier alpha value is -1.30. The molecule has 108 valence electrons. The normalized spacial score (nSPS) is 28.1. The highest BCUT2D eigenvalue weighted by Gasteiger charge is 2.31. The van der Waals surface area contributed by atoms with Gasteiger partial charge >= 0.3 is 6.09 Å². The Bertz CT molecular complexity index is 340. The fourth-order valence-corrected chi connectivity index (χ4v) is 2.75. The number of piperidine rings is 1. The van der Waals surface area contributed by atoms with Crippen molar-refractivity contribution >= 4 is 12.0 Å². The molecule has 2 atom stereocenters. The van der Waals surface area contributed by atoms with Gasteiger partial charge in [0.2, 0.25) is 5.91 Å². The fraction of sp³-hybridized carbons (Fsp3) is 0.846. The lowest BCUT2D eigenvalue weighted by Gasteiger charge is -2.37. The molecule has 0 radical (unpaired) electrons. The average molecular weight is 269 g/mol. The molecule has 2 saturated heterocycles. The summed E-state index contributed by atoms with van der Waals surface area (Å²) >= 11 is 0. The predicted octanol–water partition coefficient (Wildman–Crippen LogP) is 0.285. The van der Waals surface area contributed by atoms with Crippen LogP contribution >= 0.6 is 0 Å². The number of carbonyl (C=O) groups is 2. The monoisotopic (exact) mass is 269 g/mol. The fourth-order valence-electron chi connectivity index (χ4n) is 2.75. The minimum absolute atomic E-state index is 0.0478. The van der Waals surface area contributed by atoms with Crippen LogP contribution in [0.5, 0.6) is 0 Å². The minimum atomic E-state index is -0.309. The molecule has 19 heavy (non-hydrogen) atoms. The van der Waals surface area contributed by atoms with Crippen molar-refractivity contribution in [2.45, 2.75) is 25.8 Å². The summed E-state index contributed by atoms with van der Waals surface area (Å²) in [6, 6.07) is -0.0478. The summed E-state index contributed by atoms with van der Waals surface area (Å²) in [6.07, 6.45) is 1.74. The number of amides is 2. The lowest BCUT2D eigenvalue weighted by Crippen LogP contribution is -2.56. The zero-order chi connectivity index (χ0) is 13.8. The van der Waals surface area contributed by atoms with E-state index >= 15 is 0 Å². The van der Waals surface area contributed by atoms with Crippen LogP contribution < -0.4 is 5.32 Å². The molecule has 0 aromatic heterocycles. The van der Waals surface area contributed by atoms with Crippen LogP contribution in [-0.2, 0) is 9.53 Å². The second-order valence-corrected chi connectivity index (χ2v) is 5.42. The van der Waals surface area contributed by atoms with E-state index in [9.17, 15) is 9.59 Å². The van der Waals surface area contributed by atoms with Crippen LogP contribution in [0.2, 0.25) is 0 Å². The average Bonchev–Trinajstić information content (AvgIpc) is 2.46. The van der Waals surface area contributed by atoms with Crippen LogP contribution in [0.3, 0.4) is 0 Å². The third-order valence-electron chi connectivity index (χ3n) is 3.99. The van der Waals surface area contributed by atoms with Crippen LogP contribution in [0.25, 0.3) is 0 Å². The molecule has 2 fully saturated rings. The second kappa shape index (κ2) is 6.23. The molecule has 0 aromatic rings. The number of methoxy groups -OCH3 is 1. The van der Waals surface area contributed by atoms with E-state index in [2.05, 4.69) is 17.0 Å². The summed E-state index contributed by atoms with van der Waals surface area (Å²) in [5, 5.41) is 3.30. The van der Waals surface area contributed by atoms with Crippen molar-refractivity contribution in [2.24, 2.45) is 5.92 Å². The van der Waals surface area contributed by atoms with E-state index in [0.29, 0.717) is 32.1 Å². The SMILES string of the molecule is COC(=O)N1CCN(C(=O)C2CC(C)CCN2)CC1. The molecule has 2 aliphatic heterocycles. The van der Waals surface area contributed by atoms with Crippen molar-refractivity contribution in [2.75, 3.05) is 39.8 Å². The molecular formula is C13H23N3O3. The molecule has 6 nitrogen and oxygen atoms in total. The highest BCUT2D eigenvalue weighted by atomic mass is 16.5. The molecule has 2 unspecified atom stereocenters. The maximum absolute atomic E-state index is 12.4. The van der Waals surface area contributed by atoms with Crippen LogP contribution in [0.1, 0.15) is 19.8 Å². The van der Waals surface area contributed by atoms with Crippen molar-refractivity contribution in [3.8, 4) is 0 Å². The van der Waals surface area contributed by atoms with Crippen molar-refractivity contribution in [3.05, 3.63) is 0 Å². The molecule has 2 heterocycles. The van der Waals surface area contributed by atoms with Crippen LogP contribution in [-0.4, -0.2) is 67.7 Å². The Balaban J connectivity index is 1.83. The Morgan fingerprint density at radius 1 is 1.16 bits per heavy atom. The topological polar surface area (TPSA) is 61.9 Å². The Morgan fingerprint density at radius 2 is 1.79 bits per heavy atom. The lowest BCUT2D eigenvalue weighted by molar-refractivity contribution is -0.136. The quantitative estimate of drug-likeness (QED) is 0.743. The van der Waals surface area contributed by atoms with E-state index < -0.39 is 0 Å². The van der Waals surface area contributed by atoms with Gasteiger partial charge in [-0.3, -0.25) is 4.79 Å². The van der Waals surface area contributed by atoms with Gasteiger partial charge in [-0.05, 0) is 25.3 Å². The number of nitrogens with zero attached hydrogens (tertiary/aromatic N) is 2.